The van der Waals surface area contributed by atoms with Crippen LogP contribution in [-0.4, -0.2) is 18.7 Å². The third-order valence-electron chi connectivity index (χ3n) is 2.79. The molecule has 1 aromatic rings. The van der Waals surface area contributed by atoms with Crippen LogP contribution in [-0.2, 0) is 15.7 Å². The van der Waals surface area contributed by atoms with Crippen molar-refractivity contribution in [1.29, 1.82) is 0 Å². The van der Waals surface area contributed by atoms with E-state index in [1.54, 1.807) is 6.92 Å². The predicted molar refractivity (Wildman–Crippen MR) is 60.6 cm³/mol. The zero-order valence-corrected chi connectivity index (χ0v) is 10.2. The number of ether oxygens (including phenoxy) is 2. The fraction of sp³-hybridized carbons (Fsp3) is 0.462. The first-order chi connectivity index (χ1) is 8.91. The van der Waals surface area contributed by atoms with Crippen molar-refractivity contribution in [2.24, 2.45) is 5.92 Å². The normalized spacial score (nSPS) is 21.9. The number of rotatable bonds is 4. The summed E-state index contributed by atoms with van der Waals surface area (Å²) in [6, 6.07) is 4.42. The van der Waals surface area contributed by atoms with Crippen molar-refractivity contribution in [2.45, 2.75) is 25.6 Å². The topological polar surface area (TPSA) is 35.5 Å². The molecule has 1 aliphatic carbocycles. The summed E-state index contributed by atoms with van der Waals surface area (Å²) in [6.07, 6.45) is -4.11. The Labute approximate surface area is 108 Å². The Kier molecular flexibility index (Phi) is 3.68. The zero-order chi connectivity index (χ0) is 14.0. The van der Waals surface area contributed by atoms with Crippen LogP contribution < -0.4 is 4.74 Å². The van der Waals surface area contributed by atoms with Gasteiger partial charge in [0.1, 0.15) is 11.9 Å². The van der Waals surface area contributed by atoms with Gasteiger partial charge >= 0.3 is 12.1 Å². The smallest absolute Gasteiger partial charge is 0.416 e. The van der Waals surface area contributed by atoms with Crippen LogP contribution in [0.25, 0.3) is 0 Å². The van der Waals surface area contributed by atoms with Crippen molar-refractivity contribution < 1.29 is 27.4 Å². The van der Waals surface area contributed by atoms with Crippen LogP contribution >= 0.6 is 0 Å². The van der Waals surface area contributed by atoms with Gasteiger partial charge < -0.3 is 9.47 Å². The average molecular weight is 274 g/mol. The highest BCUT2D eigenvalue weighted by Gasteiger charge is 2.46. The molecule has 2 unspecified atom stereocenters. The standard InChI is InChI=1S/C13H13F3O3/c1-2-18-12(17)10-7-11(10)19-9-5-3-8(4-6-9)13(14,15)16/h3-6,10-11H,2,7H2,1H3. The summed E-state index contributed by atoms with van der Waals surface area (Å²) in [7, 11) is 0. The molecule has 0 amide bonds. The maximum absolute atomic E-state index is 12.3. The van der Waals surface area contributed by atoms with E-state index >= 15 is 0 Å². The molecule has 0 radical (unpaired) electrons. The summed E-state index contributed by atoms with van der Waals surface area (Å²) >= 11 is 0. The molecule has 6 heteroatoms. The monoisotopic (exact) mass is 274 g/mol. The molecule has 1 aliphatic rings. The largest absolute Gasteiger partial charge is 0.490 e. The number of halogens is 3. The molecule has 19 heavy (non-hydrogen) atoms. The number of esters is 1. The number of benzene rings is 1. The van der Waals surface area contributed by atoms with Crippen LogP contribution in [0.5, 0.6) is 5.75 Å². The lowest BCUT2D eigenvalue weighted by Crippen LogP contribution is -2.12. The first-order valence-electron chi connectivity index (χ1n) is 5.92. The molecule has 2 atom stereocenters. The minimum atomic E-state index is -4.36. The molecule has 3 nitrogen and oxygen atoms in total. The molecule has 0 aromatic heterocycles. The molecular formula is C13H13F3O3. The van der Waals surface area contributed by atoms with Crippen LogP contribution in [0.2, 0.25) is 0 Å². The van der Waals surface area contributed by atoms with Crippen molar-refractivity contribution in [3.8, 4) is 5.75 Å². The fourth-order valence-electron chi connectivity index (χ4n) is 1.70. The van der Waals surface area contributed by atoms with E-state index < -0.39 is 11.7 Å². The summed E-state index contributed by atoms with van der Waals surface area (Å²) in [6.45, 7) is 2.02. The first kappa shape index (κ1) is 13.7. The van der Waals surface area contributed by atoms with Crippen LogP contribution in [0.15, 0.2) is 24.3 Å². The van der Waals surface area contributed by atoms with Crippen molar-refractivity contribution in [3.63, 3.8) is 0 Å². The van der Waals surface area contributed by atoms with Gasteiger partial charge in [0.05, 0.1) is 18.1 Å². The van der Waals surface area contributed by atoms with Crippen LogP contribution in [0.4, 0.5) is 13.2 Å². The average Bonchev–Trinajstić information content (AvgIpc) is 3.08. The van der Waals surface area contributed by atoms with E-state index in [0.717, 1.165) is 12.1 Å². The minimum absolute atomic E-state index is 0.296. The van der Waals surface area contributed by atoms with E-state index in [-0.39, 0.29) is 18.0 Å². The Hall–Kier alpha value is -1.72. The van der Waals surface area contributed by atoms with Crippen molar-refractivity contribution in [3.05, 3.63) is 29.8 Å². The maximum atomic E-state index is 12.3. The summed E-state index contributed by atoms with van der Waals surface area (Å²) in [5, 5.41) is 0. The second-order valence-corrected chi connectivity index (χ2v) is 4.27. The number of hydrogen-bond donors (Lipinski definition) is 0. The molecule has 0 heterocycles. The molecule has 0 N–H and O–H groups in total. The quantitative estimate of drug-likeness (QED) is 0.792. The van der Waals surface area contributed by atoms with Crippen molar-refractivity contribution in [2.75, 3.05) is 6.61 Å². The van der Waals surface area contributed by atoms with Gasteiger partial charge in [-0.25, -0.2) is 0 Å². The Morgan fingerprint density at radius 3 is 2.47 bits per heavy atom. The Morgan fingerprint density at radius 1 is 1.32 bits per heavy atom. The van der Waals surface area contributed by atoms with Crippen molar-refractivity contribution in [1.82, 2.24) is 0 Å². The molecule has 104 valence electrons. The SMILES string of the molecule is CCOC(=O)C1CC1Oc1ccc(C(F)(F)F)cc1. The lowest BCUT2D eigenvalue weighted by atomic mass is 10.2. The van der Waals surface area contributed by atoms with Crippen LogP contribution in [0, 0.1) is 5.92 Å². The van der Waals surface area contributed by atoms with E-state index in [9.17, 15) is 18.0 Å². The summed E-state index contributed by atoms with van der Waals surface area (Å²) in [5.74, 6) is -0.300. The lowest BCUT2D eigenvalue weighted by molar-refractivity contribution is -0.145. The van der Waals surface area contributed by atoms with Gasteiger partial charge in [-0.05, 0) is 31.2 Å². The number of hydrogen-bond acceptors (Lipinski definition) is 3. The first-order valence-corrected chi connectivity index (χ1v) is 5.92. The number of alkyl halides is 3. The van der Waals surface area contributed by atoms with Gasteiger partial charge in [-0.2, -0.15) is 13.2 Å². The highest BCUT2D eigenvalue weighted by Crippen LogP contribution is 2.37. The Morgan fingerprint density at radius 2 is 1.95 bits per heavy atom. The summed E-state index contributed by atoms with van der Waals surface area (Å²) in [5.41, 5.74) is -0.724. The Balaban J connectivity index is 1.90. The summed E-state index contributed by atoms with van der Waals surface area (Å²) in [4.78, 5) is 11.3. The molecular weight excluding hydrogens is 261 g/mol. The number of carbonyl (C=O) groups excluding carboxylic acids is 1. The van der Waals surface area contributed by atoms with Gasteiger partial charge in [0.15, 0.2) is 0 Å². The van der Waals surface area contributed by atoms with Crippen LogP contribution in [0.1, 0.15) is 18.9 Å². The molecule has 1 saturated carbocycles. The van der Waals surface area contributed by atoms with Gasteiger partial charge in [-0.1, -0.05) is 0 Å². The molecule has 1 fully saturated rings. The highest BCUT2D eigenvalue weighted by atomic mass is 19.4. The third kappa shape index (κ3) is 3.39. The second-order valence-electron chi connectivity index (χ2n) is 4.27. The van der Waals surface area contributed by atoms with Crippen LogP contribution in [0.3, 0.4) is 0 Å². The van der Waals surface area contributed by atoms with E-state index in [1.165, 1.54) is 12.1 Å². The van der Waals surface area contributed by atoms with E-state index in [4.69, 9.17) is 9.47 Å². The fourth-order valence-corrected chi connectivity index (χ4v) is 1.70. The molecule has 0 bridgehead atoms. The van der Waals surface area contributed by atoms with Gasteiger partial charge in [0.2, 0.25) is 0 Å². The molecule has 1 aromatic carbocycles. The van der Waals surface area contributed by atoms with Gasteiger partial charge in [0.25, 0.3) is 0 Å². The van der Waals surface area contributed by atoms with E-state index in [1.807, 2.05) is 0 Å². The van der Waals surface area contributed by atoms with Gasteiger partial charge in [-0.15, -0.1) is 0 Å². The zero-order valence-electron chi connectivity index (χ0n) is 10.2. The molecule has 0 spiro atoms. The lowest BCUT2D eigenvalue weighted by Gasteiger charge is -2.09. The third-order valence-corrected chi connectivity index (χ3v) is 2.79. The molecule has 0 saturated heterocycles. The highest BCUT2D eigenvalue weighted by molar-refractivity contribution is 5.76. The van der Waals surface area contributed by atoms with Crippen molar-refractivity contribution >= 4 is 5.97 Å². The van der Waals surface area contributed by atoms with Gasteiger partial charge in [0, 0.05) is 6.42 Å². The van der Waals surface area contributed by atoms with E-state index in [0.29, 0.717) is 18.8 Å². The van der Waals surface area contributed by atoms with Gasteiger partial charge in [-0.3, -0.25) is 4.79 Å². The maximum Gasteiger partial charge on any atom is 0.416 e. The summed E-state index contributed by atoms with van der Waals surface area (Å²) < 4.78 is 47.3. The predicted octanol–water partition coefficient (Wildman–Crippen LogP) is 3.04. The Bertz CT molecular complexity index is 453. The number of carbonyl (C=O) groups is 1. The molecule has 2 rings (SSSR count). The second kappa shape index (κ2) is 5.11. The minimum Gasteiger partial charge on any atom is -0.490 e. The van der Waals surface area contributed by atoms with E-state index in [2.05, 4.69) is 0 Å². The molecule has 0 aliphatic heterocycles.